The molecule has 0 aliphatic heterocycles. The minimum absolute atomic E-state index is 0.133. The summed E-state index contributed by atoms with van der Waals surface area (Å²) in [6, 6.07) is 9.72. The third-order valence-electron chi connectivity index (χ3n) is 2.68. The second kappa shape index (κ2) is 6.00. The Bertz CT molecular complexity index is 704. The number of carbonyl (C=O) groups is 1. The van der Waals surface area contributed by atoms with Crippen molar-refractivity contribution in [2.45, 2.75) is 6.92 Å². The van der Waals surface area contributed by atoms with Gasteiger partial charge in [-0.15, -0.1) is 0 Å². The molecule has 2 aromatic carbocycles. The average molecular weight is 289 g/mol. The second-order valence-electron chi connectivity index (χ2n) is 4.37. The number of urea groups is 1. The van der Waals surface area contributed by atoms with Gasteiger partial charge in [-0.3, -0.25) is 10.1 Å². The van der Waals surface area contributed by atoms with Crippen molar-refractivity contribution < 1.29 is 14.1 Å². The number of nitro groups is 1. The van der Waals surface area contributed by atoms with Crippen LogP contribution < -0.4 is 10.6 Å². The highest BCUT2D eigenvalue weighted by Gasteiger charge is 2.15. The minimum Gasteiger partial charge on any atom is -0.308 e. The van der Waals surface area contributed by atoms with Crippen molar-refractivity contribution in [1.82, 2.24) is 0 Å². The molecule has 0 aliphatic carbocycles. The largest absolute Gasteiger partial charge is 0.323 e. The van der Waals surface area contributed by atoms with Gasteiger partial charge in [0.25, 0.3) is 0 Å². The number of hydrogen-bond donors (Lipinski definition) is 2. The average Bonchev–Trinajstić information content (AvgIpc) is 2.40. The molecular formula is C14H12FN3O3. The Morgan fingerprint density at radius 2 is 1.81 bits per heavy atom. The van der Waals surface area contributed by atoms with Crippen molar-refractivity contribution in [1.29, 1.82) is 0 Å². The molecule has 0 heterocycles. The van der Waals surface area contributed by atoms with Gasteiger partial charge >= 0.3 is 11.7 Å². The summed E-state index contributed by atoms with van der Waals surface area (Å²) in [5, 5.41) is 15.6. The number of rotatable bonds is 3. The van der Waals surface area contributed by atoms with E-state index in [-0.39, 0.29) is 5.69 Å². The SMILES string of the molecule is Cc1cccc(NC(=O)Nc2ccc(F)c([N+](=O)[O-])c2)c1. The van der Waals surface area contributed by atoms with Gasteiger partial charge in [-0.1, -0.05) is 12.1 Å². The highest BCUT2D eigenvalue weighted by atomic mass is 19.1. The van der Waals surface area contributed by atoms with Crippen LogP contribution in [-0.2, 0) is 0 Å². The molecule has 0 bridgehead atoms. The Morgan fingerprint density at radius 3 is 2.43 bits per heavy atom. The molecule has 0 radical (unpaired) electrons. The van der Waals surface area contributed by atoms with Crippen LogP contribution in [0.4, 0.5) is 26.2 Å². The Balaban J connectivity index is 2.09. The number of nitrogens with zero attached hydrogens (tertiary/aromatic N) is 1. The van der Waals surface area contributed by atoms with Gasteiger partial charge in [-0.25, -0.2) is 4.79 Å². The third kappa shape index (κ3) is 3.75. The Hall–Kier alpha value is -2.96. The van der Waals surface area contributed by atoms with Crippen molar-refractivity contribution in [3.8, 4) is 0 Å². The number of anilines is 2. The lowest BCUT2D eigenvalue weighted by atomic mass is 10.2. The van der Waals surface area contributed by atoms with E-state index in [4.69, 9.17) is 0 Å². The molecule has 2 rings (SSSR count). The van der Waals surface area contributed by atoms with Crippen LogP contribution in [0.25, 0.3) is 0 Å². The lowest BCUT2D eigenvalue weighted by Gasteiger charge is -2.08. The molecule has 0 atom stereocenters. The van der Waals surface area contributed by atoms with Gasteiger partial charge in [0, 0.05) is 17.4 Å². The van der Waals surface area contributed by atoms with Gasteiger partial charge in [-0.2, -0.15) is 4.39 Å². The Morgan fingerprint density at radius 1 is 1.14 bits per heavy atom. The van der Waals surface area contributed by atoms with Crippen molar-refractivity contribution >= 4 is 23.1 Å². The van der Waals surface area contributed by atoms with Crippen molar-refractivity contribution in [2.24, 2.45) is 0 Å². The summed E-state index contributed by atoms with van der Waals surface area (Å²) in [6.07, 6.45) is 0. The maximum Gasteiger partial charge on any atom is 0.323 e. The molecule has 2 aromatic rings. The summed E-state index contributed by atoms with van der Waals surface area (Å²) < 4.78 is 13.2. The predicted molar refractivity (Wildman–Crippen MR) is 76.9 cm³/mol. The molecule has 0 saturated heterocycles. The molecular weight excluding hydrogens is 277 g/mol. The quantitative estimate of drug-likeness (QED) is 0.667. The van der Waals surface area contributed by atoms with Gasteiger partial charge in [0.1, 0.15) is 0 Å². The first-order chi connectivity index (χ1) is 9.95. The van der Waals surface area contributed by atoms with Crippen molar-refractivity contribution in [2.75, 3.05) is 10.6 Å². The monoisotopic (exact) mass is 289 g/mol. The Labute approximate surface area is 119 Å². The number of nitro benzene ring substituents is 1. The molecule has 2 N–H and O–H groups in total. The van der Waals surface area contributed by atoms with E-state index in [2.05, 4.69) is 10.6 Å². The first-order valence-corrected chi connectivity index (χ1v) is 6.04. The molecule has 0 aromatic heterocycles. The molecule has 0 fully saturated rings. The highest BCUT2D eigenvalue weighted by Crippen LogP contribution is 2.21. The number of amides is 2. The lowest BCUT2D eigenvalue weighted by Crippen LogP contribution is -2.19. The zero-order chi connectivity index (χ0) is 15.4. The van der Waals surface area contributed by atoms with Crippen molar-refractivity contribution in [3.05, 3.63) is 64.0 Å². The smallest absolute Gasteiger partial charge is 0.308 e. The van der Waals surface area contributed by atoms with Crippen LogP contribution in [-0.4, -0.2) is 11.0 Å². The number of hydrogen-bond acceptors (Lipinski definition) is 3. The molecule has 0 unspecified atom stereocenters. The van der Waals surface area contributed by atoms with Crippen LogP contribution >= 0.6 is 0 Å². The second-order valence-corrected chi connectivity index (χ2v) is 4.37. The summed E-state index contributed by atoms with van der Waals surface area (Å²) >= 11 is 0. The van der Waals surface area contributed by atoms with Crippen molar-refractivity contribution in [3.63, 3.8) is 0 Å². The molecule has 6 nitrogen and oxygen atoms in total. The van der Waals surface area contributed by atoms with E-state index in [9.17, 15) is 19.3 Å². The summed E-state index contributed by atoms with van der Waals surface area (Å²) in [5.74, 6) is -0.954. The van der Waals surface area contributed by atoms with Crippen LogP contribution in [0.1, 0.15) is 5.56 Å². The van der Waals surface area contributed by atoms with E-state index in [0.29, 0.717) is 5.69 Å². The highest BCUT2D eigenvalue weighted by molar-refractivity contribution is 5.99. The number of aryl methyl sites for hydroxylation is 1. The molecule has 2 amide bonds. The molecule has 108 valence electrons. The third-order valence-corrected chi connectivity index (χ3v) is 2.68. The Kier molecular flexibility index (Phi) is 4.13. The summed E-state index contributed by atoms with van der Waals surface area (Å²) in [6.45, 7) is 1.88. The first-order valence-electron chi connectivity index (χ1n) is 6.04. The molecule has 0 spiro atoms. The van der Waals surface area contributed by atoms with Gasteiger partial charge in [0.15, 0.2) is 0 Å². The lowest BCUT2D eigenvalue weighted by molar-refractivity contribution is -0.387. The first kappa shape index (κ1) is 14.4. The maximum atomic E-state index is 13.2. The zero-order valence-electron chi connectivity index (χ0n) is 11.1. The van der Waals surface area contributed by atoms with Crippen LogP contribution in [0.3, 0.4) is 0 Å². The normalized spacial score (nSPS) is 10.0. The maximum absolute atomic E-state index is 13.2. The molecule has 7 heteroatoms. The van der Waals surface area contributed by atoms with Crippen LogP contribution in [0.15, 0.2) is 42.5 Å². The van der Waals surface area contributed by atoms with Gasteiger partial charge < -0.3 is 10.6 Å². The fraction of sp³-hybridized carbons (Fsp3) is 0.0714. The van der Waals surface area contributed by atoms with Crippen LogP contribution in [0, 0.1) is 22.9 Å². The van der Waals surface area contributed by atoms with Crippen LogP contribution in [0.2, 0.25) is 0 Å². The van der Waals surface area contributed by atoms with E-state index < -0.39 is 22.5 Å². The van der Waals surface area contributed by atoms with Crippen LogP contribution in [0.5, 0.6) is 0 Å². The fourth-order valence-corrected chi connectivity index (χ4v) is 1.75. The fourth-order valence-electron chi connectivity index (χ4n) is 1.75. The van der Waals surface area contributed by atoms with Gasteiger partial charge in [0.05, 0.1) is 4.92 Å². The van der Waals surface area contributed by atoms with Gasteiger partial charge in [0.2, 0.25) is 5.82 Å². The minimum atomic E-state index is -0.954. The molecule has 0 aliphatic rings. The summed E-state index contributed by atoms with van der Waals surface area (Å²) in [5.41, 5.74) is 1.01. The van der Waals surface area contributed by atoms with E-state index in [0.717, 1.165) is 17.7 Å². The number of halogens is 1. The number of carbonyl (C=O) groups excluding carboxylic acids is 1. The standard InChI is InChI=1S/C14H12FN3O3/c1-9-3-2-4-10(7-9)16-14(19)17-11-5-6-12(15)13(8-11)18(20)21/h2-8H,1H3,(H2,16,17,19). The van der Waals surface area contributed by atoms with E-state index in [1.807, 2.05) is 13.0 Å². The van der Waals surface area contributed by atoms with Gasteiger partial charge in [-0.05, 0) is 36.8 Å². The number of benzene rings is 2. The molecule has 21 heavy (non-hydrogen) atoms. The topological polar surface area (TPSA) is 84.3 Å². The van der Waals surface area contributed by atoms with E-state index >= 15 is 0 Å². The predicted octanol–water partition coefficient (Wildman–Crippen LogP) is 3.69. The zero-order valence-corrected chi connectivity index (χ0v) is 11.1. The summed E-state index contributed by atoms with van der Waals surface area (Å²) in [4.78, 5) is 21.6. The van der Waals surface area contributed by atoms with E-state index in [1.54, 1.807) is 18.2 Å². The number of nitrogens with one attached hydrogen (secondary N) is 2. The molecule has 0 saturated carbocycles. The summed E-state index contributed by atoms with van der Waals surface area (Å²) in [7, 11) is 0. The van der Waals surface area contributed by atoms with E-state index in [1.165, 1.54) is 6.07 Å².